The van der Waals surface area contributed by atoms with E-state index in [9.17, 15) is 14.9 Å². The maximum absolute atomic E-state index is 12.2. The Labute approximate surface area is 171 Å². The van der Waals surface area contributed by atoms with Gasteiger partial charge < -0.3 is 0 Å². The number of halogens is 2. The highest BCUT2D eigenvalue weighted by molar-refractivity contribution is 8.00. The second-order valence-corrected chi connectivity index (χ2v) is 8.19. The van der Waals surface area contributed by atoms with Gasteiger partial charge in [-0.25, -0.2) is 0 Å². The van der Waals surface area contributed by atoms with Crippen LogP contribution in [-0.2, 0) is 5.75 Å². The Hall–Kier alpha value is -2.20. The number of carbonyl (C=O) groups excluding carboxylic acids is 1. The lowest BCUT2D eigenvalue weighted by Crippen LogP contribution is -2.11. The summed E-state index contributed by atoms with van der Waals surface area (Å²) >= 11 is 14.5. The number of nitro groups is 1. The van der Waals surface area contributed by atoms with Crippen molar-refractivity contribution in [3.8, 4) is 0 Å². The summed E-state index contributed by atoms with van der Waals surface area (Å²) in [5.74, 6) is 0.126. The van der Waals surface area contributed by atoms with Crippen molar-refractivity contribution in [3.05, 3.63) is 73.8 Å². The van der Waals surface area contributed by atoms with Gasteiger partial charge >= 0.3 is 0 Å². The molecule has 0 unspecified atom stereocenters. The third kappa shape index (κ3) is 5.16. The number of rotatable bonds is 6. The second kappa shape index (κ2) is 8.66. The lowest BCUT2D eigenvalue weighted by Gasteiger charge is -2.01. The van der Waals surface area contributed by atoms with Crippen LogP contribution in [0.1, 0.15) is 15.9 Å². The number of thioether (sulfide) groups is 1. The first-order chi connectivity index (χ1) is 12.9. The van der Waals surface area contributed by atoms with Gasteiger partial charge in [-0.3, -0.25) is 20.2 Å². The molecular formula is C16H10Cl2N4O3S2. The summed E-state index contributed by atoms with van der Waals surface area (Å²) < 4.78 is 0.662. The Morgan fingerprint density at radius 2 is 2.00 bits per heavy atom. The van der Waals surface area contributed by atoms with Crippen molar-refractivity contribution in [3.63, 3.8) is 0 Å². The van der Waals surface area contributed by atoms with Gasteiger partial charge in [0.15, 0.2) is 4.34 Å². The zero-order chi connectivity index (χ0) is 19.4. The number of nitro benzene ring substituents is 1. The van der Waals surface area contributed by atoms with Crippen LogP contribution in [0.2, 0.25) is 10.0 Å². The van der Waals surface area contributed by atoms with Crippen molar-refractivity contribution in [1.29, 1.82) is 0 Å². The number of hydrogen-bond donors (Lipinski definition) is 1. The van der Waals surface area contributed by atoms with Crippen LogP contribution in [-0.4, -0.2) is 21.0 Å². The Balaban J connectivity index is 1.62. The van der Waals surface area contributed by atoms with Gasteiger partial charge in [-0.1, -0.05) is 58.4 Å². The van der Waals surface area contributed by atoms with Crippen LogP contribution in [0.4, 0.5) is 10.8 Å². The van der Waals surface area contributed by atoms with Crippen molar-refractivity contribution in [1.82, 2.24) is 10.2 Å². The zero-order valence-corrected chi connectivity index (χ0v) is 16.5. The molecule has 138 valence electrons. The van der Waals surface area contributed by atoms with E-state index in [0.29, 0.717) is 25.3 Å². The topological polar surface area (TPSA) is 98.0 Å². The van der Waals surface area contributed by atoms with Crippen molar-refractivity contribution >= 4 is 63.0 Å². The highest BCUT2D eigenvalue weighted by atomic mass is 35.5. The first kappa shape index (κ1) is 19.6. The van der Waals surface area contributed by atoms with Crippen LogP contribution in [0.5, 0.6) is 0 Å². The summed E-state index contributed by atoms with van der Waals surface area (Å²) in [4.78, 5) is 22.5. The molecule has 7 nitrogen and oxygen atoms in total. The molecule has 1 N–H and O–H groups in total. The minimum Gasteiger partial charge on any atom is -0.296 e. The van der Waals surface area contributed by atoms with Crippen LogP contribution in [0.3, 0.4) is 0 Å². The van der Waals surface area contributed by atoms with Gasteiger partial charge in [0.1, 0.15) is 0 Å². The normalized spacial score (nSPS) is 10.6. The Morgan fingerprint density at radius 3 is 2.74 bits per heavy atom. The van der Waals surface area contributed by atoms with Crippen LogP contribution < -0.4 is 5.32 Å². The van der Waals surface area contributed by atoms with Crippen LogP contribution in [0, 0.1) is 10.1 Å². The summed E-state index contributed by atoms with van der Waals surface area (Å²) in [6.07, 6.45) is 0. The average molecular weight is 441 g/mol. The predicted molar refractivity (Wildman–Crippen MR) is 107 cm³/mol. The molecule has 0 saturated carbocycles. The number of carbonyl (C=O) groups is 1. The minimum absolute atomic E-state index is 0.155. The molecular weight excluding hydrogens is 431 g/mol. The highest BCUT2D eigenvalue weighted by Gasteiger charge is 2.14. The molecule has 0 fully saturated rings. The van der Waals surface area contributed by atoms with Crippen molar-refractivity contribution < 1.29 is 9.72 Å². The van der Waals surface area contributed by atoms with E-state index in [2.05, 4.69) is 15.5 Å². The number of aromatic nitrogens is 2. The largest absolute Gasteiger partial charge is 0.296 e. The smallest absolute Gasteiger partial charge is 0.270 e. The first-order valence-electron chi connectivity index (χ1n) is 7.38. The van der Waals surface area contributed by atoms with Gasteiger partial charge in [0, 0.05) is 23.4 Å². The van der Waals surface area contributed by atoms with Crippen molar-refractivity contribution in [2.75, 3.05) is 5.32 Å². The molecule has 0 bridgehead atoms. The predicted octanol–water partition coefficient (Wildman–Crippen LogP) is 5.30. The quantitative estimate of drug-likeness (QED) is 0.241. The first-order valence-corrected chi connectivity index (χ1v) is 9.94. The van der Waals surface area contributed by atoms with Gasteiger partial charge in [0.2, 0.25) is 5.13 Å². The molecule has 0 aliphatic carbocycles. The van der Waals surface area contributed by atoms with Crippen LogP contribution in [0.25, 0.3) is 0 Å². The maximum Gasteiger partial charge on any atom is 0.270 e. The van der Waals surface area contributed by atoms with Gasteiger partial charge in [-0.15, -0.1) is 10.2 Å². The van der Waals surface area contributed by atoms with Gasteiger partial charge in [-0.05, 0) is 23.8 Å². The van der Waals surface area contributed by atoms with E-state index in [0.717, 1.165) is 5.56 Å². The molecule has 0 aliphatic heterocycles. The fourth-order valence-electron chi connectivity index (χ4n) is 2.02. The minimum atomic E-state index is -0.556. The van der Waals surface area contributed by atoms with Crippen molar-refractivity contribution in [2.45, 2.75) is 10.1 Å². The SMILES string of the molecule is O=C(Nc1nnc(SCc2ccc(Cl)c(Cl)c2)s1)c1cccc([N+](=O)[O-])c1. The second-order valence-electron chi connectivity index (χ2n) is 5.17. The molecule has 1 aromatic heterocycles. The Morgan fingerprint density at radius 1 is 1.19 bits per heavy atom. The van der Waals surface area contributed by atoms with E-state index in [1.54, 1.807) is 12.1 Å². The number of nitrogens with zero attached hydrogens (tertiary/aromatic N) is 3. The lowest BCUT2D eigenvalue weighted by atomic mass is 10.2. The molecule has 1 heterocycles. The standard InChI is InChI=1S/C16H10Cl2N4O3S2/c17-12-5-4-9(6-13(12)18)8-26-16-21-20-15(27-16)19-14(23)10-2-1-3-11(7-10)22(24)25/h1-7H,8H2,(H,19,20,23). The van der Waals surface area contributed by atoms with E-state index in [4.69, 9.17) is 23.2 Å². The number of anilines is 1. The molecule has 1 amide bonds. The molecule has 0 atom stereocenters. The van der Waals surface area contributed by atoms with Gasteiger partial charge in [0.05, 0.1) is 15.0 Å². The highest BCUT2D eigenvalue weighted by Crippen LogP contribution is 2.30. The van der Waals surface area contributed by atoms with Crippen LogP contribution in [0.15, 0.2) is 46.8 Å². The summed E-state index contributed by atoms with van der Waals surface area (Å²) in [6, 6.07) is 10.8. The summed E-state index contributed by atoms with van der Waals surface area (Å²) in [5, 5.41) is 22.6. The third-order valence-corrected chi connectivity index (χ3v) is 6.07. The molecule has 0 spiro atoms. The number of hydrogen-bond acceptors (Lipinski definition) is 7. The Bertz CT molecular complexity index is 1010. The maximum atomic E-state index is 12.2. The Kier molecular flexibility index (Phi) is 6.27. The van der Waals surface area contributed by atoms with E-state index in [-0.39, 0.29) is 11.3 Å². The van der Waals surface area contributed by atoms with E-state index < -0.39 is 10.8 Å². The fourth-order valence-corrected chi connectivity index (χ4v) is 4.03. The average Bonchev–Trinajstić information content (AvgIpc) is 3.10. The molecule has 27 heavy (non-hydrogen) atoms. The summed E-state index contributed by atoms with van der Waals surface area (Å²) in [7, 11) is 0. The molecule has 3 rings (SSSR count). The summed E-state index contributed by atoms with van der Waals surface area (Å²) in [5.41, 5.74) is 0.994. The monoisotopic (exact) mass is 440 g/mol. The molecule has 3 aromatic rings. The number of amides is 1. The molecule has 0 aliphatic rings. The van der Waals surface area contributed by atoms with Gasteiger partial charge in [-0.2, -0.15) is 0 Å². The number of non-ortho nitro benzene ring substituents is 1. The fraction of sp³-hybridized carbons (Fsp3) is 0.0625. The zero-order valence-electron chi connectivity index (χ0n) is 13.4. The number of benzene rings is 2. The van der Waals surface area contributed by atoms with E-state index >= 15 is 0 Å². The molecule has 0 saturated heterocycles. The molecule has 2 aromatic carbocycles. The molecule has 0 radical (unpaired) electrons. The third-order valence-electron chi connectivity index (χ3n) is 3.29. The van der Waals surface area contributed by atoms with E-state index in [1.165, 1.54) is 47.4 Å². The lowest BCUT2D eigenvalue weighted by molar-refractivity contribution is -0.384. The number of nitrogens with one attached hydrogen (secondary N) is 1. The van der Waals surface area contributed by atoms with Gasteiger partial charge in [0.25, 0.3) is 11.6 Å². The summed E-state index contributed by atoms with van der Waals surface area (Å²) in [6.45, 7) is 0. The van der Waals surface area contributed by atoms with Crippen LogP contribution >= 0.6 is 46.3 Å². The molecule has 11 heteroatoms. The van der Waals surface area contributed by atoms with E-state index in [1.807, 2.05) is 6.07 Å². The van der Waals surface area contributed by atoms with Crippen molar-refractivity contribution in [2.24, 2.45) is 0 Å².